The molecule has 1 aromatic heterocycles. The number of nitrogens with zero attached hydrogens (tertiary/aromatic N) is 2. The highest BCUT2D eigenvalue weighted by Gasteiger charge is 2.12. The van der Waals surface area contributed by atoms with Crippen LogP contribution in [0.1, 0.15) is 37.6 Å². The maximum Gasteiger partial charge on any atom is 0.161 e. The zero-order chi connectivity index (χ0) is 19.1. The first-order chi connectivity index (χ1) is 13.3. The number of imidazole rings is 1. The van der Waals surface area contributed by atoms with Crippen LogP contribution in [0.25, 0.3) is 11.0 Å². The van der Waals surface area contributed by atoms with Crippen molar-refractivity contribution < 1.29 is 9.47 Å². The Balaban J connectivity index is 1.82. The smallest absolute Gasteiger partial charge is 0.161 e. The number of ether oxygens (including phenoxy) is 2. The summed E-state index contributed by atoms with van der Waals surface area (Å²) in [5.74, 6) is 2.42. The Bertz CT molecular complexity index is 899. The molecule has 4 nitrogen and oxygen atoms in total. The summed E-state index contributed by atoms with van der Waals surface area (Å²) >= 11 is 0. The van der Waals surface area contributed by atoms with Gasteiger partial charge in [-0.1, -0.05) is 44.0 Å². The van der Waals surface area contributed by atoms with Crippen molar-refractivity contribution in [1.29, 1.82) is 0 Å². The van der Waals surface area contributed by atoms with Crippen molar-refractivity contribution >= 4 is 11.0 Å². The molecule has 0 fully saturated rings. The molecule has 0 aliphatic rings. The second-order valence-electron chi connectivity index (χ2n) is 6.64. The molecule has 0 saturated carbocycles. The van der Waals surface area contributed by atoms with E-state index in [-0.39, 0.29) is 0 Å². The number of hydrogen-bond donors (Lipinski definition) is 0. The van der Waals surface area contributed by atoms with Crippen LogP contribution in [0.15, 0.2) is 55.1 Å². The van der Waals surface area contributed by atoms with E-state index in [0.29, 0.717) is 6.61 Å². The van der Waals surface area contributed by atoms with Crippen LogP contribution in [0.5, 0.6) is 11.5 Å². The lowest BCUT2D eigenvalue weighted by atomic mass is 10.1. The Labute approximate surface area is 161 Å². The van der Waals surface area contributed by atoms with Gasteiger partial charge in [-0.3, -0.25) is 0 Å². The molecule has 3 aromatic rings. The molecule has 3 rings (SSSR count). The predicted octanol–water partition coefficient (Wildman–Crippen LogP) is 5.54. The maximum atomic E-state index is 6.09. The van der Waals surface area contributed by atoms with Gasteiger partial charge in [0.05, 0.1) is 18.1 Å². The third kappa shape index (κ3) is 4.51. The lowest BCUT2D eigenvalue weighted by Gasteiger charge is -2.13. The van der Waals surface area contributed by atoms with E-state index in [4.69, 9.17) is 14.5 Å². The molecule has 0 unspecified atom stereocenters. The standard InChI is InChI=1S/C23H28N2O2/c1-4-6-9-15-25-20-12-8-7-11-19(20)24-23(25)17-27-21-14-13-18(10-5-2)16-22(21)26-3/h5,7-8,11-14,16H,2,4,6,9-10,15,17H2,1,3H3. The highest BCUT2D eigenvalue weighted by atomic mass is 16.5. The Morgan fingerprint density at radius 3 is 2.74 bits per heavy atom. The summed E-state index contributed by atoms with van der Waals surface area (Å²) in [5, 5.41) is 0. The van der Waals surface area contributed by atoms with E-state index in [0.717, 1.165) is 47.8 Å². The van der Waals surface area contributed by atoms with E-state index < -0.39 is 0 Å². The van der Waals surface area contributed by atoms with Crippen molar-refractivity contribution in [2.24, 2.45) is 0 Å². The van der Waals surface area contributed by atoms with Gasteiger partial charge in [-0.25, -0.2) is 4.98 Å². The number of unbranched alkanes of at least 4 members (excludes halogenated alkanes) is 2. The fraction of sp³-hybridized carbons (Fsp3) is 0.348. The molecule has 0 amide bonds. The average molecular weight is 364 g/mol. The molecule has 0 saturated heterocycles. The molecule has 142 valence electrons. The van der Waals surface area contributed by atoms with Crippen LogP contribution in [0, 0.1) is 0 Å². The number of aromatic nitrogens is 2. The number of aryl methyl sites for hydroxylation is 1. The second kappa shape index (κ2) is 9.26. The number of rotatable bonds is 10. The molecule has 0 bridgehead atoms. The molecule has 4 heteroatoms. The van der Waals surface area contributed by atoms with Crippen LogP contribution in [0.4, 0.5) is 0 Å². The van der Waals surface area contributed by atoms with Crippen LogP contribution in [-0.2, 0) is 19.6 Å². The van der Waals surface area contributed by atoms with Crippen LogP contribution in [-0.4, -0.2) is 16.7 Å². The fourth-order valence-corrected chi connectivity index (χ4v) is 3.27. The van der Waals surface area contributed by atoms with Gasteiger partial charge in [0.25, 0.3) is 0 Å². The van der Waals surface area contributed by atoms with E-state index >= 15 is 0 Å². The Morgan fingerprint density at radius 1 is 1.11 bits per heavy atom. The van der Waals surface area contributed by atoms with Crippen molar-refractivity contribution in [3.05, 3.63) is 66.5 Å². The zero-order valence-electron chi connectivity index (χ0n) is 16.3. The summed E-state index contributed by atoms with van der Waals surface area (Å²) in [4.78, 5) is 4.79. The maximum absolute atomic E-state index is 6.09. The Hall–Kier alpha value is -2.75. The molecule has 0 atom stereocenters. The molecule has 0 radical (unpaired) electrons. The monoisotopic (exact) mass is 364 g/mol. The SMILES string of the molecule is C=CCc1ccc(OCc2nc3ccccc3n2CCCCC)c(OC)c1. The third-order valence-corrected chi connectivity index (χ3v) is 4.68. The molecule has 0 aliphatic heterocycles. The second-order valence-corrected chi connectivity index (χ2v) is 6.64. The van der Waals surface area contributed by atoms with Crippen LogP contribution < -0.4 is 9.47 Å². The lowest BCUT2D eigenvalue weighted by Crippen LogP contribution is -2.08. The normalized spacial score (nSPS) is 10.9. The number of methoxy groups -OCH3 is 1. The first-order valence-electron chi connectivity index (χ1n) is 9.61. The van der Waals surface area contributed by atoms with Gasteiger partial charge in [0, 0.05) is 6.54 Å². The fourth-order valence-electron chi connectivity index (χ4n) is 3.27. The largest absolute Gasteiger partial charge is 0.493 e. The van der Waals surface area contributed by atoms with Crippen molar-refractivity contribution in [2.75, 3.05) is 7.11 Å². The van der Waals surface area contributed by atoms with Gasteiger partial charge in [0.15, 0.2) is 11.5 Å². The number of hydrogen-bond acceptors (Lipinski definition) is 3. The highest BCUT2D eigenvalue weighted by Crippen LogP contribution is 2.29. The van der Waals surface area contributed by atoms with Gasteiger partial charge in [0.2, 0.25) is 0 Å². The van der Waals surface area contributed by atoms with Crippen molar-refractivity contribution in [3.8, 4) is 11.5 Å². The van der Waals surface area contributed by atoms with Crippen molar-refractivity contribution in [1.82, 2.24) is 9.55 Å². The molecular formula is C23H28N2O2. The number of benzene rings is 2. The van der Waals surface area contributed by atoms with Crippen LogP contribution in [0.2, 0.25) is 0 Å². The molecule has 0 spiro atoms. The van der Waals surface area contributed by atoms with Crippen molar-refractivity contribution in [3.63, 3.8) is 0 Å². The molecule has 0 aliphatic carbocycles. The topological polar surface area (TPSA) is 36.3 Å². The average Bonchev–Trinajstić information content (AvgIpc) is 3.05. The number of fused-ring (bicyclic) bond motifs is 1. The van der Waals surface area contributed by atoms with Crippen LogP contribution >= 0.6 is 0 Å². The van der Waals surface area contributed by atoms with Gasteiger partial charge in [0.1, 0.15) is 12.4 Å². The van der Waals surface area contributed by atoms with E-state index in [1.807, 2.05) is 30.3 Å². The molecule has 1 heterocycles. The Kier molecular flexibility index (Phi) is 6.53. The van der Waals surface area contributed by atoms with Gasteiger partial charge in [-0.2, -0.15) is 0 Å². The summed E-state index contributed by atoms with van der Waals surface area (Å²) in [6.07, 6.45) is 6.25. The van der Waals surface area contributed by atoms with Gasteiger partial charge < -0.3 is 14.0 Å². The third-order valence-electron chi connectivity index (χ3n) is 4.68. The minimum atomic E-state index is 0.415. The van der Waals surface area contributed by atoms with Gasteiger partial charge in [-0.15, -0.1) is 6.58 Å². The number of para-hydroxylation sites is 2. The minimum Gasteiger partial charge on any atom is -0.493 e. The first-order valence-corrected chi connectivity index (χ1v) is 9.61. The summed E-state index contributed by atoms with van der Waals surface area (Å²) in [5.41, 5.74) is 3.34. The van der Waals surface area contributed by atoms with Crippen LogP contribution in [0.3, 0.4) is 0 Å². The quantitative estimate of drug-likeness (QED) is 0.350. The molecule has 2 aromatic carbocycles. The Morgan fingerprint density at radius 2 is 1.96 bits per heavy atom. The minimum absolute atomic E-state index is 0.415. The van der Waals surface area contributed by atoms with Gasteiger partial charge >= 0.3 is 0 Å². The van der Waals surface area contributed by atoms with E-state index in [9.17, 15) is 0 Å². The summed E-state index contributed by atoms with van der Waals surface area (Å²) < 4.78 is 13.9. The number of allylic oxidation sites excluding steroid dienone is 1. The first kappa shape index (κ1) is 19.0. The molecular weight excluding hydrogens is 336 g/mol. The summed E-state index contributed by atoms with van der Waals surface area (Å²) in [7, 11) is 1.67. The lowest BCUT2D eigenvalue weighted by molar-refractivity contribution is 0.271. The predicted molar refractivity (Wildman–Crippen MR) is 110 cm³/mol. The van der Waals surface area contributed by atoms with Crippen molar-refractivity contribution in [2.45, 2.75) is 45.8 Å². The van der Waals surface area contributed by atoms with Gasteiger partial charge in [-0.05, 0) is 42.7 Å². The molecule has 0 N–H and O–H groups in total. The van der Waals surface area contributed by atoms with E-state index in [1.54, 1.807) is 7.11 Å². The van der Waals surface area contributed by atoms with E-state index in [1.165, 1.54) is 18.4 Å². The summed E-state index contributed by atoms with van der Waals surface area (Å²) in [6, 6.07) is 14.3. The van der Waals surface area contributed by atoms with E-state index in [2.05, 4.69) is 36.3 Å². The summed E-state index contributed by atoms with van der Waals surface area (Å²) in [6.45, 7) is 7.38. The molecule has 27 heavy (non-hydrogen) atoms. The zero-order valence-corrected chi connectivity index (χ0v) is 16.3. The highest BCUT2D eigenvalue weighted by molar-refractivity contribution is 5.75.